The lowest BCUT2D eigenvalue weighted by Gasteiger charge is -2.34. The Labute approximate surface area is 137 Å². The largest absolute Gasteiger partial charge is 0.379 e. The van der Waals surface area contributed by atoms with Crippen molar-refractivity contribution in [3.63, 3.8) is 0 Å². The first-order valence-corrected chi connectivity index (χ1v) is 9.14. The number of hydrogen-bond acceptors (Lipinski definition) is 4. The zero-order valence-corrected chi connectivity index (χ0v) is 14.6. The van der Waals surface area contributed by atoms with Gasteiger partial charge in [-0.25, -0.2) is 0 Å². The Morgan fingerprint density at radius 1 is 1.32 bits per heavy atom. The first kappa shape index (κ1) is 16.0. The minimum atomic E-state index is 0.223. The van der Waals surface area contributed by atoms with Gasteiger partial charge in [0.15, 0.2) is 0 Å². The number of hydrogen-bond donors (Lipinski definition) is 0. The highest BCUT2D eigenvalue weighted by Crippen LogP contribution is 2.29. The summed E-state index contributed by atoms with van der Waals surface area (Å²) in [6.07, 6.45) is 0. The third kappa shape index (κ3) is 3.07. The lowest BCUT2D eigenvalue weighted by molar-refractivity contribution is 0.0119. The minimum absolute atomic E-state index is 0.223. The molecule has 0 aliphatic carbocycles. The van der Waals surface area contributed by atoms with Gasteiger partial charge in [-0.05, 0) is 28.8 Å². The van der Waals surface area contributed by atoms with Gasteiger partial charge in [-0.15, -0.1) is 11.3 Å². The number of likely N-dealkylation sites (tertiary alicyclic amines) is 1. The van der Waals surface area contributed by atoms with Crippen molar-refractivity contribution in [2.45, 2.75) is 32.7 Å². The second-order valence-corrected chi connectivity index (χ2v) is 7.68. The lowest BCUT2D eigenvalue weighted by Crippen LogP contribution is -2.47. The van der Waals surface area contributed by atoms with E-state index in [-0.39, 0.29) is 5.91 Å². The molecule has 3 rings (SSSR count). The van der Waals surface area contributed by atoms with Crippen LogP contribution in [0, 0.1) is 5.92 Å². The molecule has 0 N–H and O–H groups in total. The number of thiophene rings is 1. The van der Waals surface area contributed by atoms with Gasteiger partial charge in [0.25, 0.3) is 5.91 Å². The predicted octanol–water partition coefficient (Wildman–Crippen LogP) is 2.66. The lowest BCUT2D eigenvalue weighted by atomic mass is 10.0. The van der Waals surface area contributed by atoms with E-state index in [0.29, 0.717) is 17.9 Å². The summed E-state index contributed by atoms with van der Waals surface area (Å²) in [5, 5.41) is 2.04. The molecule has 0 aromatic carbocycles. The molecule has 0 saturated carbocycles. The fraction of sp³-hybridized carbons (Fsp3) is 0.706. The van der Waals surface area contributed by atoms with E-state index in [1.54, 1.807) is 11.3 Å². The smallest absolute Gasteiger partial charge is 0.264 e. The highest BCUT2D eigenvalue weighted by molar-refractivity contribution is 7.12. The van der Waals surface area contributed by atoms with Gasteiger partial charge in [-0.1, -0.05) is 20.8 Å². The topological polar surface area (TPSA) is 32.8 Å². The molecule has 3 heterocycles. The molecule has 4 nitrogen and oxygen atoms in total. The Morgan fingerprint density at radius 3 is 2.73 bits per heavy atom. The van der Waals surface area contributed by atoms with Gasteiger partial charge in [0, 0.05) is 32.2 Å². The first-order chi connectivity index (χ1) is 10.6. The molecular weight excluding hydrogens is 296 g/mol. The number of carbonyl (C=O) groups is 1. The molecule has 1 aromatic rings. The standard InChI is InChI=1S/C17H26N2O2S/c1-12(2)14-4-9-22-16(14)17(20)19-10-13(3)15(11-19)18-5-7-21-8-6-18/h4,9,12-13,15H,5-8,10-11H2,1-3H3. The van der Waals surface area contributed by atoms with Gasteiger partial charge in [-0.3, -0.25) is 9.69 Å². The van der Waals surface area contributed by atoms with E-state index in [1.807, 2.05) is 5.38 Å². The Bertz CT molecular complexity index is 522. The SMILES string of the molecule is CC(C)c1ccsc1C(=O)N1CC(C)C(N2CCOCC2)C1. The van der Waals surface area contributed by atoms with Crippen LogP contribution in [0.3, 0.4) is 0 Å². The minimum Gasteiger partial charge on any atom is -0.379 e. The summed E-state index contributed by atoms with van der Waals surface area (Å²) in [5.74, 6) is 1.16. The van der Waals surface area contributed by atoms with Gasteiger partial charge < -0.3 is 9.64 Å². The van der Waals surface area contributed by atoms with E-state index in [2.05, 4.69) is 36.6 Å². The van der Waals surface area contributed by atoms with Crippen LogP contribution >= 0.6 is 11.3 Å². The average Bonchev–Trinajstić information content (AvgIpc) is 3.14. The van der Waals surface area contributed by atoms with Gasteiger partial charge >= 0.3 is 0 Å². The second-order valence-electron chi connectivity index (χ2n) is 6.76. The maximum absolute atomic E-state index is 12.9. The van der Waals surface area contributed by atoms with Crippen molar-refractivity contribution in [3.05, 3.63) is 21.9 Å². The molecule has 0 spiro atoms. The summed E-state index contributed by atoms with van der Waals surface area (Å²) in [4.78, 5) is 18.4. The monoisotopic (exact) mass is 322 g/mol. The molecule has 2 aliphatic rings. The summed E-state index contributed by atoms with van der Waals surface area (Å²) < 4.78 is 5.45. The molecule has 5 heteroatoms. The van der Waals surface area contributed by atoms with Crippen LogP contribution in [0.4, 0.5) is 0 Å². The average molecular weight is 322 g/mol. The molecule has 2 aliphatic heterocycles. The fourth-order valence-corrected chi connectivity index (χ4v) is 4.61. The summed E-state index contributed by atoms with van der Waals surface area (Å²) in [5.41, 5.74) is 1.19. The molecule has 1 amide bonds. The molecule has 0 bridgehead atoms. The van der Waals surface area contributed by atoms with Crippen molar-refractivity contribution in [1.29, 1.82) is 0 Å². The van der Waals surface area contributed by atoms with Crippen LogP contribution < -0.4 is 0 Å². The van der Waals surface area contributed by atoms with E-state index in [0.717, 1.165) is 44.3 Å². The highest BCUT2D eigenvalue weighted by Gasteiger charge is 2.37. The van der Waals surface area contributed by atoms with Crippen LogP contribution in [0.2, 0.25) is 0 Å². The second kappa shape index (κ2) is 6.69. The number of carbonyl (C=O) groups excluding carboxylic acids is 1. The van der Waals surface area contributed by atoms with Gasteiger partial charge in [-0.2, -0.15) is 0 Å². The zero-order chi connectivity index (χ0) is 15.7. The third-order valence-corrected chi connectivity index (χ3v) is 5.80. The fourth-order valence-electron chi connectivity index (χ4n) is 3.59. The van der Waals surface area contributed by atoms with Crippen LogP contribution in [0.5, 0.6) is 0 Å². The Kier molecular flexibility index (Phi) is 4.85. The molecule has 0 radical (unpaired) electrons. The maximum Gasteiger partial charge on any atom is 0.264 e. The van der Waals surface area contributed by atoms with Crippen molar-refractivity contribution in [1.82, 2.24) is 9.80 Å². The van der Waals surface area contributed by atoms with Crippen LogP contribution in [0.25, 0.3) is 0 Å². The summed E-state index contributed by atoms with van der Waals surface area (Å²) in [6, 6.07) is 2.58. The van der Waals surface area contributed by atoms with Gasteiger partial charge in [0.05, 0.1) is 18.1 Å². The van der Waals surface area contributed by atoms with E-state index < -0.39 is 0 Å². The van der Waals surface area contributed by atoms with Crippen LogP contribution in [-0.4, -0.2) is 61.1 Å². The molecule has 2 unspecified atom stereocenters. The van der Waals surface area contributed by atoms with Crippen molar-refractivity contribution in [2.75, 3.05) is 39.4 Å². The molecule has 22 heavy (non-hydrogen) atoms. The van der Waals surface area contributed by atoms with Gasteiger partial charge in [0.2, 0.25) is 0 Å². The number of morpholine rings is 1. The summed E-state index contributed by atoms with van der Waals surface area (Å²) in [7, 11) is 0. The molecular formula is C17H26N2O2S. The number of nitrogens with zero attached hydrogens (tertiary/aromatic N) is 2. The van der Waals surface area contributed by atoms with Crippen LogP contribution in [0.1, 0.15) is 41.9 Å². The van der Waals surface area contributed by atoms with Crippen molar-refractivity contribution >= 4 is 17.2 Å². The molecule has 2 atom stereocenters. The Hall–Kier alpha value is -0.910. The van der Waals surface area contributed by atoms with E-state index in [4.69, 9.17) is 4.74 Å². The van der Waals surface area contributed by atoms with E-state index >= 15 is 0 Å². The molecule has 1 aromatic heterocycles. The predicted molar refractivity (Wildman–Crippen MR) is 89.7 cm³/mol. The first-order valence-electron chi connectivity index (χ1n) is 8.26. The van der Waals surface area contributed by atoms with Crippen molar-refractivity contribution < 1.29 is 9.53 Å². The van der Waals surface area contributed by atoms with Crippen LogP contribution in [0.15, 0.2) is 11.4 Å². The molecule has 2 saturated heterocycles. The molecule has 2 fully saturated rings. The van der Waals surface area contributed by atoms with Crippen LogP contribution in [-0.2, 0) is 4.74 Å². The van der Waals surface area contributed by atoms with Gasteiger partial charge in [0.1, 0.15) is 0 Å². The highest BCUT2D eigenvalue weighted by atomic mass is 32.1. The summed E-state index contributed by atoms with van der Waals surface area (Å²) >= 11 is 1.59. The van der Waals surface area contributed by atoms with E-state index in [1.165, 1.54) is 5.56 Å². The zero-order valence-electron chi connectivity index (χ0n) is 13.7. The number of rotatable bonds is 3. The Balaban J connectivity index is 1.70. The Morgan fingerprint density at radius 2 is 2.05 bits per heavy atom. The quantitative estimate of drug-likeness (QED) is 0.858. The van der Waals surface area contributed by atoms with Crippen molar-refractivity contribution in [3.8, 4) is 0 Å². The number of amides is 1. The normalized spacial score (nSPS) is 26.8. The van der Waals surface area contributed by atoms with Crippen molar-refractivity contribution in [2.24, 2.45) is 5.92 Å². The van der Waals surface area contributed by atoms with E-state index in [9.17, 15) is 4.79 Å². The maximum atomic E-state index is 12.9. The summed E-state index contributed by atoms with van der Waals surface area (Å²) in [6.45, 7) is 11.9. The third-order valence-electron chi connectivity index (χ3n) is 4.89. The number of ether oxygens (including phenoxy) is 1. The molecule has 122 valence electrons.